The first-order valence-corrected chi connectivity index (χ1v) is 7.72. The van der Waals surface area contributed by atoms with Crippen molar-refractivity contribution in [1.29, 1.82) is 0 Å². The number of rotatable bonds is 3. The topological polar surface area (TPSA) is 0 Å². The molecule has 110 valence electrons. The Morgan fingerprint density at radius 3 is 2.20 bits per heavy atom. The van der Waals surface area contributed by atoms with Gasteiger partial charge in [0.25, 0.3) is 0 Å². The molecule has 0 heterocycles. The highest BCUT2D eigenvalue weighted by molar-refractivity contribution is 9.10. The zero-order valence-electron chi connectivity index (χ0n) is 11.2. The maximum absolute atomic E-state index is 12.1. The zero-order valence-corrected chi connectivity index (χ0v) is 12.8. The molecule has 0 aliphatic heterocycles. The quantitative estimate of drug-likeness (QED) is 0.569. The summed E-state index contributed by atoms with van der Waals surface area (Å²) in [5, 5.41) is 0. The Hall–Kier alpha value is -0.770. The molecule has 0 spiro atoms. The van der Waals surface area contributed by atoms with E-state index in [1.54, 1.807) is 6.08 Å². The van der Waals surface area contributed by atoms with E-state index in [9.17, 15) is 13.2 Å². The lowest BCUT2D eigenvalue weighted by atomic mass is 9.78. The van der Waals surface area contributed by atoms with Gasteiger partial charge in [-0.1, -0.05) is 40.2 Å². The smallest absolute Gasteiger partial charge is 0.171 e. The van der Waals surface area contributed by atoms with E-state index in [-0.39, 0.29) is 0 Å². The first-order chi connectivity index (χ1) is 9.44. The van der Waals surface area contributed by atoms with Crippen molar-refractivity contribution in [3.63, 3.8) is 0 Å². The Balaban J connectivity index is 1.82. The number of benzene rings is 1. The maximum atomic E-state index is 12.1. The summed E-state index contributed by atoms with van der Waals surface area (Å²) in [4.78, 5) is 0. The van der Waals surface area contributed by atoms with Crippen LogP contribution in [0.15, 0.2) is 40.9 Å². The monoisotopic (exact) mass is 346 g/mol. The lowest BCUT2D eigenvalue weighted by Gasteiger charge is -2.27. The highest BCUT2D eigenvalue weighted by Gasteiger charge is 2.25. The molecule has 2 rings (SSSR count). The van der Waals surface area contributed by atoms with Crippen LogP contribution in [-0.2, 0) is 0 Å². The van der Waals surface area contributed by atoms with Crippen LogP contribution in [0.5, 0.6) is 0 Å². The van der Waals surface area contributed by atoms with Crippen molar-refractivity contribution in [2.45, 2.75) is 44.2 Å². The molecule has 0 unspecified atom stereocenters. The Kier molecular flexibility index (Phi) is 5.30. The van der Waals surface area contributed by atoms with Crippen LogP contribution in [0.3, 0.4) is 0 Å². The van der Waals surface area contributed by atoms with Crippen molar-refractivity contribution in [2.24, 2.45) is 5.92 Å². The van der Waals surface area contributed by atoms with Crippen LogP contribution < -0.4 is 0 Å². The predicted octanol–water partition coefficient (Wildman–Crippen LogP) is 6.23. The first kappa shape index (κ1) is 15.6. The van der Waals surface area contributed by atoms with Crippen molar-refractivity contribution in [2.75, 3.05) is 0 Å². The van der Waals surface area contributed by atoms with E-state index in [1.807, 2.05) is 12.1 Å². The van der Waals surface area contributed by atoms with Crippen LogP contribution >= 0.6 is 15.9 Å². The summed E-state index contributed by atoms with van der Waals surface area (Å²) in [5.41, 5.74) is 1.34. The standard InChI is InChI=1S/C16H18BrF3/c17-15-9-7-14(8-10-15)13-5-3-12(4-6-13)2-1-11-16(18,19)20/h1-2,7-10,12-13H,3-6,11H2/t12-,13-. The van der Waals surface area contributed by atoms with Crippen LogP contribution in [0, 0.1) is 5.92 Å². The number of hydrogen-bond acceptors (Lipinski definition) is 0. The zero-order chi connectivity index (χ0) is 14.6. The molecule has 0 nitrogen and oxygen atoms in total. The molecule has 0 bridgehead atoms. The summed E-state index contributed by atoms with van der Waals surface area (Å²) in [6, 6.07) is 8.36. The van der Waals surface area contributed by atoms with Gasteiger partial charge in [-0.05, 0) is 55.2 Å². The molecule has 1 saturated carbocycles. The molecular weight excluding hydrogens is 329 g/mol. The van der Waals surface area contributed by atoms with Crippen molar-refractivity contribution >= 4 is 15.9 Å². The van der Waals surface area contributed by atoms with Crippen molar-refractivity contribution in [1.82, 2.24) is 0 Å². The third kappa shape index (κ3) is 4.97. The number of alkyl halides is 3. The molecule has 4 heteroatoms. The summed E-state index contributed by atoms with van der Waals surface area (Å²) in [7, 11) is 0. The van der Waals surface area contributed by atoms with Gasteiger partial charge in [-0.2, -0.15) is 13.2 Å². The van der Waals surface area contributed by atoms with E-state index in [0.717, 1.165) is 30.2 Å². The third-order valence-electron chi connectivity index (χ3n) is 3.87. The Labute approximate surface area is 126 Å². The van der Waals surface area contributed by atoms with E-state index in [0.29, 0.717) is 11.8 Å². The summed E-state index contributed by atoms with van der Waals surface area (Å²) in [6.45, 7) is 0. The van der Waals surface area contributed by atoms with Crippen LogP contribution in [0.25, 0.3) is 0 Å². The van der Waals surface area contributed by atoms with Crippen LogP contribution in [-0.4, -0.2) is 6.18 Å². The van der Waals surface area contributed by atoms with Crippen LogP contribution in [0.4, 0.5) is 13.2 Å². The molecule has 0 aromatic heterocycles. The number of halogens is 4. The first-order valence-electron chi connectivity index (χ1n) is 6.93. The van der Waals surface area contributed by atoms with Crippen molar-refractivity contribution in [3.8, 4) is 0 Å². The van der Waals surface area contributed by atoms with Gasteiger partial charge < -0.3 is 0 Å². The molecule has 1 aromatic rings. The van der Waals surface area contributed by atoms with Gasteiger partial charge in [-0.3, -0.25) is 0 Å². The van der Waals surface area contributed by atoms with Gasteiger partial charge in [-0.15, -0.1) is 0 Å². The van der Waals surface area contributed by atoms with Gasteiger partial charge in [0.2, 0.25) is 0 Å². The van der Waals surface area contributed by atoms with Gasteiger partial charge in [0.1, 0.15) is 0 Å². The second-order valence-corrected chi connectivity index (χ2v) is 6.33. The minimum atomic E-state index is -4.08. The van der Waals surface area contributed by atoms with Gasteiger partial charge in [0.05, 0.1) is 6.42 Å². The minimum Gasteiger partial charge on any atom is -0.171 e. The molecule has 0 amide bonds. The summed E-state index contributed by atoms with van der Waals surface area (Å²) < 4.78 is 37.3. The molecule has 20 heavy (non-hydrogen) atoms. The maximum Gasteiger partial charge on any atom is 0.392 e. The fourth-order valence-corrected chi connectivity index (χ4v) is 3.04. The molecule has 1 fully saturated rings. The molecule has 1 aliphatic rings. The second kappa shape index (κ2) is 6.79. The normalized spacial score (nSPS) is 24.2. The molecule has 0 saturated heterocycles. The van der Waals surface area contributed by atoms with E-state index >= 15 is 0 Å². The Bertz CT molecular complexity index is 440. The lowest BCUT2D eigenvalue weighted by Crippen LogP contribution is -2.12. The fourth-order valence-electron chi connectivity index (χ4n) is 2.77. The van der Waals surface area contributed by atoms with Gasteiger partial charge in [0, 0.05) is 4.47 Å². The lowest BCUT2D eigenvalue weighted by molar-refractivity contribution is -0.125. The SMILES string of the molecule is FC(F)(F)CC=C[C@H]1CC[C@H](c2ccc(Br)cc2)CC1. The minimum absolute atomic E-state index is 0.309. The summed E-state index contributed by atoms with van der Waals surface area (Å²) in [6.07, 6.45) is 2.23. The Morgan fingerprint density at radius 2 is 1.65 bits per heavy atom. The van der Waals surface area contributed by atoms with E-state index < -0.39 is 12.6 Å². The molecule has 1 aromatic carbocycles. The average Bonchev–Trinajstić information content (AvgIpc) is 2.39. The van der Waals surface area contributed by atoms with E-state index in [2.05, 4.69) is 28.1 Å². The van der Waals surface area contributed by atoms with Crippen molar-refractivity contribution in [3.05, 3.63) is 46.5 Å². The summed E-state index contributed by atoms with van der Waals surface area (Å²) >= 11 is 3.42. The molecule has 0 atom stereocenters. The second-order valence-electron chi connectivity index (χ2n) is 5.41. The van der Waals surface area contributed by atoms with E-state index in [1.165, 1.54) is 11.6 Å². The Morgan fingerprint density at radius 1 is 1.05 bits per heavy atom. The number of allylic oxidation sites excluding steroid dienone is 2. The molecular formula is C16H18BrF3. The van der Waals surface area contributed by atoms with Crippen molar-refractivity contribution < 1.29 is 13.2 Å². The number of hydrogen-bond donors (Lipinski definition) is 0. The van der Waals surface area contributed by atoms with Crippen LogP contribution in [0.1, 0.15) is 43.6 Å². The van der Waals surface area contributed by atoms with Gasteiger partial charge >= 0.3 is 6.18 Å². The molecule has 0 N–H and O–H groups in total. The predicted molar refractivity (Wildman–Crippen MR) is 78.7 cm³/mol. The highest BCUT2D eigenvalue weighted by Crippen LogP contribution is 2.36. The largest absolute Gasteiger partial charge is 0.392 e. The fraction of sp³-hybridized carbons (Fsp3) is 0.500. The molecule has 1 aliphatic carbocycles. The highest BCUT2D eigenvalue weighted by atomic mass is 79.9. The van der Waals surface area contributed by atoms with Gasteiger partial charge in [0.15, 0.2) is 0 Å². The average molecular weight is 347 g/mol. The van der Waals surface area contributed by atoms with E-state index in [4.69, 9.17) is 0 Å². The van der Waals surface area contributed by atoms with Gasteiger partial charge in [-0.25, -0.2) is 0 Å². The summed E-state index contributed by atoms with van der Waals surface area (Å²) in [5.74, 6) is 0.861. The molecule has 0 radical (unpaired) electrons. The van der Waals surface area contributed by atoms with Crippen LogP contribution in [0.2, 0.25) is 0 Å². The third-order valence-corrected chi connectivity index (χ3v) is 4.40.